The number of rotatable bonds is 7. The van der Waals surface area contributed by atoms with Crippen LogP contribution in [0.25, 0.3) is 0 Å². The number of phenols is 1. The summed E-state index contributed by atoms with van der Waals surface area (Å²) in [5.74, 6) is -0.853. The Labute approximate surface area is 153 Å². The van der Waals surface area contributed by atoms with Crippen molar-refractivity contribution < 1.29 is 23.1 Å². The topological polar surface area (TPSA) is 92.7 Å². The number of carbonyl (C=O) groups excluding carboxylic acids is 1. The zero-order valence-electron chi connectivity index (χ0n) is 14.2. The van der Waals surface area contributed by atoms with Crippen molar-refractivity contribution in [3.63, 3.8) is 0 Å². The fourth-order valence-corrected chi connectivity index (χ4v) is 4.70. The lowest BCUT2D eigenvalue weighted by molar-refractivity contribution is -0.145. The molecule has 1 aliphatic carbocycles. The standard InChI is InChI=1S/C17H24ClNO5S/c1-2-24-17(21)14(11-12-7-4-3-5-8-12)19-25(22,23)15-10-6-9-13(18)16(15)20/h6,9-10,12,14,19-20H,2-5,7-8,11H2,1H3. The van der Waals surface area contributed by atoms with Gasteiger partial charge in [0.1, 0.15) is 10.9 Å². The summed E-state index contributed by atoms with van der Waals surface area (Å²) in [5.41, 5.74) is 0. The second-order valence-corrected chi connectivity index (χ2v) is 8.34. The minimum absolute atomic E-state index is 0.0668. The quantitative estimate of drug-likeness (QED) is 0.698. The SMILES string of the molecule is CCOC(=O)C(CC1CCCCC1)NS(=O)(=O)c1cccc(Cl)c1O. The third-order valence-corrected chi connectivity index (χ3v) is 6.21. The molecule has 0 amide bonds. The van der Waals surface area contributed by atoms with Gasteiger partial charge < -0.3 is 9.84 Å². The smallest absolute Gasteiger partial charge is 0.324 e. The maximum absolute atomic E-state index is 12.6. The number of para-hydroxylation sites is 1. The van der Waals surface area contributed by atoms with Crippen molar-refractivity contribution in [2.24, 2.45) is 5.92 Å². The van der Waals surface area contributed by atoms with Gasteiger partial charge in [-0.2, -0.15) is 4.72 Å². The van der Waals surface area contributed by atoms with Gasteiger partial charge in [-0.05, 0) is 31.4 Å². The van der Waals surface area contributed by atoms with E-state index in [1.54, 1.807) is 6.92 Å². The van der Waals surface area contributed by atoms with Crippen LogP contribution in [0.1, 0.15) is 45.4 Å². The predicted molar refractivity (Wildman–Crippen MR) is 95.1 cm³/mol. The van der Waals surface area contributed by atoms with Gasteiger partial charge in [0.05, 0.1) is 11.6 Å². The van der Waals surface area contributed by atoms with E-state index in [4.69, 9.17) is 16.3 Å². The van der Waals surface area contributed by atoms with Crippen LogP contribution in [0.2, 0.25) is 5.02 Å². The van der Waals surface area contributed by atoms with Gasteiger partial charge in [0.2, 0.25) is 10.0 Å². The van der Waals surface area contributed by atoms with E-state index >= 15 is 0 Å². The van der Waals surface area contributed by atoms with Gasteiger partial charge in [0.25, 0.3) is 0 Å². The molecule has 140 valence electrons. The van der Waals surface area contributed by atoms with Gasteiger partial charge in [-0.15, -0.1) is 0 Å². The molecule has 0 saturated heterocycles. The van der Waals surface area contributed by atoms with Crippen LogP contribution in [-0.4, -0.2) is 32.1 Å². The molecule has 1 atom stereocenters. The van der Waals surface area contributed by atoms with Crippen LogP contribution in [0.4, 0.5) is 0 Å². The van der Waals surface area contributed by atoms with Crippen molar-refractivity contribution in [3.8, 4) is 5.75 Å². The fourth-order valence-electron chi connectivity index (χ4n) is 3.15. The van der Waals surface area contributed by atoms with E-state index in [1.807, 2.05) is 0 Å². The molecule has 6 nitrogen and oxygen atoms in total. The van der Waals surface area contributed by atoms with Crippen LogP contribution >= 0.6 is 11.6 Å². The van der Waals surface area contributed by atoms with Gasteiger partial charge in [-0.1, -0.05) is 49.8 Å². The fraction of sp³-hybridized carbons (Fsp3) is 0.588. The van der Waals surface area contributed by atoms with Crippen molar-refractivity contribution in [3.05, 3.63) is 23.2 Å². The average molecular weight is 390 g/mol. The van der Waals surface area contributed by atoms with E-state index in [0.717, 1.165) is 25.7 Å². The van der Waals surface area contributed by atoms with Crippen LogP contribution in [0, 0.1) is 5.92 Å². The first-order valence-corrected chi connectivity index (χ1v) is 10.4. The van der Waals surface area contributed by atoms with Crippen LogP contribution in [0.5, 0.6) is 5.75 Å². The first kappa shape index (κ1) is 20.0. The second-order valence-electron chi connectivity index (χ2n) is 6.25. The molecule has 0 bridgehead atoms. The number of phenolic OH excluding ortho intramolecular Hbond substituents is 1. The molecule has 1 aromatic carbocycles. The van der Waals surface area contributed by atoms with Crippen LogP contribution in [0.3, 0.4) is 0 Å². The van der Waals surface area contributed by atoms with Gasteiger partial charge >= 0.3 is 5.97 Å². The lowest BCUT2D eigenvalue weighted by atomic mass is 9.85. The highest BCUT2D eigenvalue weighted by atomic mass is 35.5. The summed E-state index contributed by atoms with van der Waals surface area (Å²) in [6.45, 7) is 1.84. The highest BCUT2D eigenvalue weighted by Crippen LogP contribution is 2.32. The number of esters is 1. The van der Waals surface area contributed by atoms with Gasteiger partial charge in [0, 0.05) is 0 Å². The number of carbonyl (C=O) groups is 1. The molecule has 1 unspecified atom stereocenters. The molecule has 0 aliphatic heterocycles. The molecule has 0 radical (unpaired) electrons. The van der Waals surface area contributed by atoms with Gasteiger partial charge in [-0.3, -0.25) is 4.79 Å². The minimum Gasteiger partial charge on any atom is -0.505 e. The monoisotopic (exact) mass is 389 g/mol. The van der Waals surface area contributed by atoms with E-state index in [9.17, 15) is 18.3 Å². The predicted octanol–water partition coefficient (Wildman–Crippen LogP) is 3.23. The Morgan fingerprint density at radius 2 is 2.04 bits per heavy atom. The summed E-state index contributed by atoms with van der Waals surface area (Å²) >= 11 is 5.79. The van der Waals surface area contributed by atoms with Crippen LogP contribution in [0.15, 0.2) is 23.1 Å². The lowest BCUT2D eigenvalue weighted by Gasteiger charge is -2.26. The Hall–Kier alpha value is -1.31. The van der Waals surface area contributed by atoms with E-state index in [2.05, 4.69) is 4.72 Å². The molecule has 25 heavy (non-hydrogen) atoms. The van der Waals surface area contributed by atoms with Crippen LogP contribution in [-0.2, 0) is 19.6 Å². The number of nitrogens with one attached hydrogen (secondary N) is 1. The molecular weight excluding hydrogens is 366 g/mol. The van der Waals surface area contributed by atoms with Crippen molar-refractivity contribution in [1.82, 2.24) is 4.72 Å². The normalized spacial score (nSPS) is 17.2. The molecule has 8 heteroatoms. The zero-order valence-corrected chi connectivity index (χ0v) is 15.8. The Morgan fingerprint density at radius 1 is 1.36 bits per heavy atom. The largest absolute Gasteiger partial charge is 0.505 e. The lowest BCUT2D eigenvalue weighted by Crippen LogP contribution is -2.43. The number of hydrogen-bond acceptors (Lipinski definition) is 5. The third kappa shape index (κ3) is 5.33. The summed E-state index contributed by atoms with van der Waals surface area (Å²) in [7, 11) is -4.11. The zero-order chi connectivity index (χ0) is 18.4. The Bertz CT molecular complexity index is 701. The average Bonchev–Trinajstić information content (AvgIpc) is 2.57. The van der Waals surface area contributed by atoms with Crippen LogP contribution < -0.4 is 4.72 Å². The van der Waals surface area contributed by atoms with E-state index in [1.165, 1.54) is 24.6 Å². The maximum Gasteiger partial charge on any atom is 0.324 e. The maximum atomic E-state index is 12.6. The molecule has 0 aromatic heterocycles. The first-order chi connectivity index (χ1) is 11.8. The summed E-state index contributed by atoms with van der Waals surface area (Å²) in [5, 5.41) is 9.88. The Balaban J connectivity index is 2.21. The number of aromatic hydroxyl groups is 1. The number of benzene rings is 1. The number of sulfonamides is 1. The molecule has 1 aromatic rings. The van der Waals surface area contributed by atoms with E-state index < -0.39 is 27.8 Å². The summed E-state index contributed by atoms with van der Waals surface area (Å²) < 4.78 is 32.7. The number of ether oxygens (including phenoxy) is 1. The molecule has 2 rings (SSSR count). The number of halogens is 1. The summed E-state index contributed by atoms with van der Waals surface area (Å²) in [6, 6.07) is 3.08. The highest BCUT2D eigenvalue weighted by Gasteiger charge is 2.31. The van der Waals surface area contributed by atoms with Crippen molar-refractivity contribution in [1.29, 1.82) is 0 Å². The Morgan fingerprint density at radius 3 is 2.68 bits per heavy atom. The molecular formula is C17H24ClNO5S. The summed E-state index contributed by atoms with van der Waals surface area (Å²) in [4.78, 5) is 11.9. The summed E-state index contributed by atoms with van der Waals surface area (Å²) in [6.07, 6.45) is 5.67. The molecule has 1 fully saturated rings. The minimum atomic E-state index is -4.11. The van der Waals surface area contributed by atoms with Crippen molar-refractivity contribution in [2.75, 3.05) is 6.61 Å². The molecule has 2 N–H and O–H groups in total. The van der Waals surface area contributed by atoms with Gasteiger partial charge in [-0.25, -0.2) is 8.42 Å². The molecule has 0 spiro atoms. The van der Waals surface area contributed by atoms with E-state index in [-0.39, 0.29) is 22.4 Å². The molecule has 1 aliphatic rings. The van der Waals surface area contributed by atoms with E-state index in [0.29, 0.717) is 6.42 Å². The number of hydrogen-bond donors (Lipinski definition) is 2. The van der Waals surface area contributed by atoms with Crippen molar-refractivity contribution in [2.45, 2.75) is 56.4 Å². The highest BCUT2D eigenvalue weighted by molar-refractivity contribution is 7.89. The molecule has 1 saturated carbocycles. The van der Waals surface area contributed by atoms with Crippen molar-refractivity contribution >= 4 is 27.6 Å². The second kappa shape index (κ2) is 8.87. The molecule has 0 heterocycles. The Kier molecular flexibility index (Phi) is 7.10. The van der Waals surface area contributed by atoms with Gasteiger partial charge in [0.15, 0.2) is 5.75 Å². The third-order valence-electron chi connectivity index (χ3n) is 4.40. The first-order valence-electron chi connectivity index (χ1n) is 8.51.